The second-order valence-corrected chi connectivity index (χ2v) is 3.09. The van der Waals surface area contributed by atoms with Crippen LogP contribution in [0.4, 0.5) is 0 Å². The predicted molar refractivity (Wildman–Crippen MR) is 46.2 cm³/mol. The molecule has 0 aromatic carbocycles. The molecule has 1 rings (SSSR count). The molecule has 0 unspecified atom stereocenters. The van der Waals surface area contributed by atoms with E-state index in [9.17, 15) is 4.79 Å². The van der Waals surface area contributed by atoms with E-state index in [4.69, 9.17) is 0 Å². The van der Waals surface area contributed by atoms with Crippen molar-refractivity contribution < 1.29 is 9.53 Å². The maximum Gasteiger partial charge on any atom is 0.306 e. The van der Waals surface area contributed by atoms with E-state index in [1.54, 1.807) is 0 Å². The Morgan fingerprint density at radius 2 is 2.55 bits per heavy atom. The molecular formula is C8H13BO2. The highest BCUT2D eigenvalue weighted by Crippen LogP contribution is 2.30. The summed E-state index contributed by atoms with van der Waals surface area (Å²) in [6, 6.07) is 0. The van der Waals surface area contributed by atoms with Gasteiger partial charge in [-0.05, 0) is 12.3 Å². The summed E-state index contributed by atoms with van der Waals surface area (Å²) in [6.07, 6.45) is 5.88. The van der Waals surface area contributed by atoms with Gasteiger partial charge in [-0.3, -0.25) is 4.79 Å². The Morgan fingerprint density at radius 3 is 3.00 bits per heavy atom. The van der Waals surface area contributed by atoms with Crippen molar-refractivity contribution in [2.45, 2.75) is 18.7 Å². The predicted octanol–water partition coefficient (Wildman–Crippen LogP) is 0.547. The smallest absolute Gasteiger partial charge is 0.306 e. The topological polar surface area (TPSA) is 26.3 Å². The van der Waals surface area contributed by atoms with Gasteiger partial charge < -0.3 is 4.74 Å². The molecule has 0 saturated heterocycles. The van der Waals surface area contributed by atoms with Crippen molar-refractivity contribution in [1.29, 1.82) is 0 Å². The van der Waals surface area contributed by atoms with Crippen molar-refractivity contribution in [2.75, 3.05) is 7.11 Å². The van der Waals surface area contributed by atoms with Crippen LogP contribution in [0.15, 0.2) is 12.2 Å². The lowest BCUT2D eigenvalue weighted by atomic mass is 9.77. The number of ether oxygens (including phenoxy) is 1. The fourth-order valence-electron chi connectivity index (χ4n) is 1.38. The largest absolute Gasteiger partial charge is 0.469 e. The molecule has 0 saturated carbocycles. The van der Waals surface area contributed by atoms with Crippen molar-refractivity contribution in [3.05, 3.63) is 12.2 Å². The van der Waals surface area contributed by atoms with E-state index >= 15 is 0 Å². The molecule has 3 heteroatoms. The zero-order chi connectivity index (χ0) is 8.27. The Bertz CT molecular complexity index is 177. The molecule has 0 aliphatic heterocycles. The lowest BCUT2D eigenvalue weighted by Gasteiger charge is -2.11. The summed E-state index contributed by atoms with van der Waals surface area (Å²) < 4.78 is 4.59. The standard InChI is InChI=1S/C8H13BO2/c1-11-8(10)5-6-3-2-4-7(6)9/h2-3,6-7H,4-5,9H2,1H3/t6-,7+/m1/s1. The van der Waals surface area contributed by atoms with Gasteiger partial charge in [0.2, 0.25) is 0 Å². The zero-order valence-electron chi connectivity index (χ0n) is 7.04. The highest BCUT2D eigenvalue weighted by molar-refractivity contribution is 6.12. The first-order chi connectivity index (χ1) is 5.24. The number of carbonyl (C=O) groups is 1. The molecule has 60 valence electrons. The molecule has 0 spiro atoms. The summed E-state index contributed by atoms with van der Waals surface area (Å²) >= 11 is 0. The maximum atomic E-state index is 10.9. The second kappa shape index (κ2) is 3.60. The Morgan fingerprint density at radius 1 is 1.82 bits per heavy atom. The highest BCUT2D eigenvalue weighted by atomic mass is 16.5. The summed E-state index contributed by atoms with van der Waals surface area (Å²) in [4.78, 5) is 10.9. The van der Waals surface area contributed by atoms with Crippen LogP contribution in [0.2, 0.25) is 5.82 Å². The van der Waals surface area contributed by atoms with Gasteiger partial charge in [0.05, 0.1) is 13.5 Å². The third-order valence-corrected chi connectivity index (χ3v) is 2.25. The SMILES string of the molecule is B[C@H]1CC=C[C@@H]1CC(=O)OC. The van der Waals surface area contributed by atoms with E-state index in [-0.39, 0.29) is 5.97 Å². The first kappa shape index (κ1) is 8.37. The van der Waals surface area contributed by atoms with E-state index in [0.717, 1.165) is 6.42 Å². The van der Waals surface area contributed by atoms with Crippen molar-refractivity contribution in [3.63, 3.8) is 0 Å². The van der Waals surface area contributed by atoms with E-state index in [2.05, 4.69) is 24.7 Å². The Labute approximate surface area is 68.0 Å². The molecule has 0 radical (unpaired) electrons. The van der Waals surface area contributed by atoms with Gasteiger partial charge in [0.15, 0.2) is 0 Å². The van der Waals surface area contributed by atoms with E-state index < -0.39 is 0 Å². The number of hydrogen-bond donors (Lipinski definition) is 0. The van der Waals surface area contributed by atoms with Gasteiger partial charge >= 0.3 is 5.97 Å². The normalized spacial score (nSPS) is 28.8. The van der Waals surface area contributed by atoms with Gasteiger partial charge in [-0.25, -0.2) is 0 Å². The van der Waals surface area contributed by atoms with Crippen LogP contribution in [0.1, 0.15) is 12.8 Å². The molecule has 2 nitrogen and oxygen atoms in total. The van der Waals surface area contributed by atoms with Crippen LogP contribution >= 0.6 is 0 Å². The molecule has 2 atom stereocenters. The molecule has 1 aliphatic rings. The average molecular weight is 152 g/mol. The fourth-order valence-corrected chi connectivity index (χ4v) is 1.38. The third-order valence-electron chi connectivity index (χ3n) is 2.25. The van der Waals surface area contributed by atoms with E-state index in [0.29, 0.717) is 18.2 Å². The summed E-state index contributed by atoms with van der Waals surface area (Å²) in [5, 5.41) is 0. The highest BCUT2D eigenvalue weighted by Gasteiger charge is 2.20. The molecule has 0 aromatic rings. The number of allylic oxidation sites excluding steroid dienone is 2. The van der Waals surface area contributed by atoms with Crippen LogP contribution in [-0.2, 0) is 9.53 Å². The average Bonchev–Trinajstić information content (AvgIpc) is 2.37. The summed E-state index contributed by atoms with van der Waals surface area (Å²) in [6.45, 7) is 0. The van der Waals surface area contributed by atoms with E-state index in [1.807, 2.05) is 0 Å². The maximum absolute atomic E-state index is 10.9. The van der Waals surface area contributed by atoms with Crippen molar-refractivity contribution in [1.82, 2.24) is 0 Å². The van der Waals surface area contributed by atoms with Crippen LogP contribution in [0, 0.1) is 5.92 Å². The molecule has 1 aliphatic carbocycles. The third kappa shape index (κ3) is 2.10. The fraction of sp³-hybridized carbons (Fsp3) is 0.625. The number of hydrogen-bond acceptors (Lipinski definition) is 2. The van der Waals surface area contributed by atoms with Crippen LogP contribution in [0.3, 0.4) is 0 Å². The first-order valence-corrected chi connectivity index (χ1v) is 3.97. The van der Waals surface area contributed by atoms with Gasteiger partial charge in [0, 0.05) is 0 Å². The quantitative estimate of drug-likeness (QED) is 0.328. The Balaban J connectivity index is 2.36. The van der Waals surface area contributed by atoms with Crippen LogP contribution < -0.4 is 0 Å². The van der Waals surface area contributed by atoms with Crippen molar-refractivity contribution in [3.8, 4) is 0 Å². The lowest BCUT2D eigenvalue weighted by molar-refractivity contribution is -0.141. The molecule has 0 bridgehead atoms. The lowest BCUT2D eigenvalue weighted by Crippen LogP contribution is -2.10. The van der Waals surface area contributed by atoms with Crippen LogP contribution in [0.5, 0.6) is 0 Å². The van der Waals surface area contributed by atoms with Gasteiger partial charge in [0.25, 0.3) is 0 Å². The van der Waals surface area contributed by atoms with Gasteiger partial charge in [-0.2, -0.15) is 0 Å². The Kier molecular flexibility index (Phi) is 2.74. The molecule has 0 fully saturated rings. The summed E-state index contributed by atoms with van der Waals surface area (Å²) in [5.74, 6) is 0.907. The number of carbonyl (C=O) groups excluding carboxylic acids is 1. The molecule has 11 heavy (non-hydrogen) atoms. The molecule has 0 heterocycles. The number of esters is 1. The minimum Gasteiger partial charge on any atom is -0.469 e. The zero-order valence-corrected chi connectivity index (χ0v) is 7.04. The van der Waals surface area contributed by atoms with Crippen molar-refractivity contribution >= 4 is 13.8 Å². The second-order valence-electron chi connectivity index (χ2n) is 3.09. The molecule has 0 N–H and O–H groups in total. The first-order valence-electron chi connectivity index (χ1n) is 3.97. The monoisotopic (exact) mass is 152 g/mol. The van der Waals surface area contributed by atoms with E-state index in [1.165, 1.54) is 7.11 Å². The summed E-state index contributed by atoms with van der Waals surface area (Å²) in [7, 11) is 3.60. The van der Waals surface area contributed by atoms with Gasteiger partial charge in [0.1, 0.15) is 7.85 Å². The summed E-state index contributed by atoms with van der Waals surface area (Å²) in [5.41, 5.74) is 0. The molecule has 0 amide bonds. The van der Waals surface area contributed by atoms with Gasteiger partial charge in [-0.1, -0.05) is 18.0 Å². The molecule has 0 aromatic heterocycles. The van der Waals surface area contributed by atoms with Crippen molar-refractivity contribution in [2.24, 2.45) is 5.92 Å². The molecular weight excluding hydrogens is 139 g/mol. The minimum absolute atomic E-state index is 0.103. The van der Waals surface area contributed by atoms with Crippen LogP contribution in [0.25, 0.3) is 0 Å². The number of rotatable bonds is 2. The van der Waals surface area contributed by atoms with Crippen LogP contribution in [-0.4, -0.2) is 20.9 Å². The Hall–Kier alpha value is -0.725. The minimum atomic E-state index is -0.103. The van der Waals surface area contributed by atoms with Gasteiger partial charge in [-0.15, -0.1) is 0 Å². The number of methoxy groups -OCH3 is 1.